The van der Waals surface area contributed by atoms with E-state index in [2.05, 4.69) is 51.6 Å². The van der Waals surface area contributed by atoms with Gasteiger partial charge < -0.3 is 9.32 Å². The Kier molecular flexibility index (Phi) is 6.78. The average Bonchev–Trinajstić information content (AvgIpc) is 3.58. The first-order valence-corrected chi connectivity index (χ1v) is 12.8. The van der Waals surface area contributed by atoms with E-state index in [1.807, 2.05) is 27.4 Å². The summed E-state index contributed by atoms with van der Waals surface area (Å²) in [5, 5.41) is 13.1. The Morgan fingerprint density at radius 2 is 1.82 bits per heavy atom. The van der Waals surface area contributed by atoms with Crippen LogP contribution >= 0.6 is 11.8 Å². The number of rotatable bonds is 6. The Balaban J connectivity index is 1.38. The highest BCUT2D eigenvalue weighted by Gasteiger charge is 2.37. The van der Waals surface area contributed by atoms with Gasteiger partial charge in [-0.3, -0.25) is 9.69 Å². The summed E-state index contributed by atoms with van der Waals surface area (Å²) in [6.07, 6.45) is 3.87. The van der Waals surface area contributed by atoms with Gasteiger partial charge in [-0.05, 0) is 65.3 Å². The summed E-state index contributed by atoms with van der Waals surface area (Å²) >= 11 is 2.03. The van der Waals surface area contributed by atoms with Crippen molar-refractivity contribution >= 4 is 17.7 Å². The van der Waals surface area contributed by atoms with Crippen LogP contribution in [-0.2, 0) is 0 Å². The van der Waals surface area contributed by atoms with Crippen LogP contribution in [0.3, 0.4) is 0 Å². The molecule has 0 aliphatic carbocycles. The monoisotopic (exact) mass is 466 g/mol. The molecule has 5 rings (SSSR count). The molecule has 0 saturated carbocycles. The molecule has 0 spiro atoms. The third-order valence-corrected chi connectivity index (χ3v) is 7.92. The SMILES string of the molecule is C[C@@H](c1ccccc1)n1nnnc1C(C1CCSCC1)N1CCN(C(=O)c2ccco2)CC1. The molecule has 1 amide bonds. The molecule has 1 unspecified atom stereocenters. The number of carbonyl (C=O) groups is 1. The highest BCUT2D eigenvalue weighted by atomic mass is 32.2. The second-order valence-electron chi connectivity index (χ2n) is 8.77. The predicted octanol–water partition coefficient (Wildman–Crippen LogP) is 3.52. The van der Waals surface area contributed by atoms with Crippen molar-refractivity contribution in [1.29, 1.82) is 0 Å². The number of amides is 1. The van der Waals surface area contributed by atoms with Crippen molar-refractivity contribution in [3.8, 4) is 0 Å². The van der Waals surface area contributed by atoms with Gasteiger partial charge in [0.2, 0.25) is 0 Å². The highest BCUT2D eigenvalue weighted by molar-refractivity contribution is 7.99. The van der Waals surface area contributed by atoms with Crippen LogP contribution in [0.4, 0.5) is 0 Å². The minimum atomic E-state index is -0.0344. The molecule has 2 aliphatic heterocycles. The fourth-order valence-electron chi connectivity index (χ4n) is 5.01. The zero-order valence-corrected chi connectivity index (χ0v) is 19.7. The van der Waals surface area contributed by atoms with Gasteiger partial charge in [0, 0.05) is 26.2 Å². The quantitative estimate of drug-likeness (QED) is 0.550. The molecule has 2 atom stereocenters. The van der Waals surface area contributed by atoms with Crippen LogP contribution in [0, 0.1) is 5.92 Å². The maximum atomic E-state index is 12.7. The molecule has 4 heterocycles. The molecule has 8 nitrogen and oxygen atoms in total. The number of piperazine rings is 1. The van der Waals surface area contributed by atoms with Gasteiger partial charge in [-0.1, -0.05) is 30.3 Å². The Morgan fingerprint density at radius 3 is 2.52 bits per heavy atom. The zero-order chi connectivity index (χ0) is 22.6. The number of carbonyl (C=O) groups excluding carboxylic acids is 1. The second kappa shape index (κ2) is 10.1. The van der Waals surface area contributed by atoms with Gasteiger partial charge in [0.05, 0.1) is 18.3 Å². The molecule has 0 bridgehead atoms. The van der Waals surface area contributed by atoms with Crippen molar-refractivity contribution in [2.75, 3.05) is 37.7 Å². The maximum Gasteiger partial charge on any atom is 0.289 e. The summed E-state index contributed by atoms with van der Waals surface area (Å²) in [7, 11) is 0. The van der Waals surface area contributed by atoms with Gasteiger partial charge in [0.15, 0.2) is 11.6 Å². The molecule has 1 aromatic carbocycles. The summed E-state index contributed by atoms with van der Waals surface area (Å²) in [6.45, 7) is 5.10. The molecule has 174 valence electrons. The third kappa shape index (κ3) is 4.70. The second-order valence-corrected chi connectivity index (χ2v) is 9.99. The lowest BCUT2D eigenvalue weighted by atomic mass is 9.90. The van der Waals surface area contributed by atoms with E-state index in [1.54, 1.807) is 18.4 Å². The van der Waals surface area contributed by atoms with Crippen LogP contribution in [0.2, 0.25) is 0 Å². The van der Waals surface area contributed by atoms with Gasteiger partial charge in [-0.25, -0.2) is 4.68 Å². The van der Waals surface area contributed by atoms with E-state index in [0.717, 1.165) is 31.8 Å². The first kappa shape index (κ1) is 22.2. The minimum absolute atomic E-state index is 0.0344. The van der Waals surface area contributed by atoms with Crippen LogP contribution < -0.4 is 0 Å². The summed E-state index contributed by atoms with van der Waals surface area (Å²) in [4.78, 5) is 17.1. The number of nitrogens with zero attached hydrogens (tertiary/aromatic N) is 6. The summed E-state index contributed by atoms with van der Waals surface area (Å²) in [5.41, 5.74) is 1.19. The van der Waals surface area contributed by atoms with Crippen LogP contribution in [0.25, 0.3) is 0 Å². The van der Waals surface area contributed by atoms with E-state index in [9.17, 15) is 4.79 Å². The standard InChI is InChI=1S/C24H30N6O2S/c1-18(19-6-3-2-4-7-19)30-23(25-26-27-30)22(20-9-16-33-17-10-20)28-11-13-29(14-12-28)24(31)21-8-5-15-32-21/h2-8,15,18,20,22H,9-14,16-17H2,1H3/t18-,22?/m0/s1. The van der Waals surface area contributed by atoms with Crippen LogP contribution in [0.15, 0.2) is 53.1 Å². The first-order valence-electron chi connectivity index (χ1n) is 11.7. The maximum absolute atomic E-state index is 12.7. The largest absolute Gasteiger partial charge is 0.459 e. The number of hydrogen-bond acceptors (Lipinski definition) is 7. The molecule has 2 aromatic heterocycles. The third-order valence-electron chi connectivity index (χ3n) is 6.87. The van der Waals surface area contributed by atoms with E-state index >= 15 is 0 Å². The fourth-order valence-corrected chi connectivity index (χ4v) is 6.15. The number of thioether (sulfide) groups is 1. The first-order chi connectivity index (χ1) is 16.2. The van der Waals surface area contributed by atoms with Gasteiger partial charge in [0.25, 0.3) is 5.91 Å². The molecular weight excluding hydrogens is 436 g/mol. The lowest BCUT2D eigenvalue weighted by Gasteiger charge is -2.42. The number of benzene rings is 1. The Labute approximate surface area is 198 Å². The fraction of sp³-hybridized carbons (Fsp3) is 0.500. The number of tetrazole rings is 1. The Morgan fingerprint density at radius 1 is 1.06 bits per heavy atom. The summed E-state index contributed by atoms with van der Waals surface area (Å²) in [6, 6.07) is 14.1. The Bertz CT molecular complexity index is 1030. The van der Waals surface area contributed by atoms with Gasteiger partial charge in [0.1, 0.15) is 0 Å². The Hall–Kier alpha value is -2.65. The lowest BCUT2D eigenvalue weighted by molar-refractivity contribution is 0.0421. The topological polar surface area (TPSA) is 80.3 Å². The minimum Gasteiger partial charge on any atom is -0.459 e. The average molecular weight is 467 g/mol. The van der Waals surface area contributed by atoms with Gasteiger partial charge in [-0.2, -0.15) is 11.8 Å². The zero-order valence-electron chi connectivity index (χ0n) is 18.9. The molecular formula is C24H30N6O2S. The van der Waals surface area contributed by atoms with E-state index < -0.39 is 0 Å². The number of aromatic nitrogens is 4. The van der Waals surface area contributed by atoms with Crippen molar-refractivity contribution in [3.05, 3.63) is 65.9 Å². The van der Waals surface area contributed by atoms with Gasteiger partial charge in [-0.15, -0.1) is 5.10 Å². The predicted molar refractivity (Wildman–Crippen MR) is 127 cm³/mol. The van der Waals surface area contributed by atoms with Crippen molar-refractivity contribution in [1.82, 2.24) is 30.0 Å². The van der Waals surface area contributed by atoms with Crippen molar-refractivity contribution in [3.63, 3.8) is 0 Å². The lowest BCUT2D eigenvalue weighted by Crippen LogP contribution is -2.51. The van der Waals surface area contributed by atoms with E-state index in [4.69, 9.17) is 4.42 Å². The van der Waals surface area contributed by atoms with Gasteiger partial charge >= 0.3 is 0 Å². The molecule has 2 saturated heterocycles. The highest BCUT2D eigenvalue weighted by Crippen LogP contribution is 2.38. The smallest absolute Gasteiger partial charge is 0.289 e. The molecule has 2 fully saturated rings. The van der Waals surface area contributed by atoms with Crippen molar-refractivity contribution in [2.45, 2.75) is 31.8 Å². The van der Waals surface area contributed by atoms with E-state index in [0.29, 0.717) is 24.8 Å². The number of hydrogen-bond donors (Lipinski definition) is 0. The van der Waals surface area contributed by atoms with Crippen molar-refractivity contribution in [2.24, 2.45) is 5.92 Å². The number of furan rings is 1. The normalized spacial score (nSPS) is 20.0. The van der Waals surface area contributed by atoms with Crippen LogP contribution in [0.5, 0.6) is 0 Å². The van der Waals surface area contributed by atoms with E-state index in [1.165, 1.54) is 17.1 Å². The van der Waals surface area contributed by atoms with Crippen LogP contribution in [-0.4, -0.2) is 73.6 Å². The molecule has 2 aliphatic rings. The summed E-state index contributed by atoms with van der Waals surface area (Å²) < 4.78 is 7.33. The van der Waals surface area contributed by atoms with E-state index in [-0.39, 0.29) is 18.0 Å². The van der Waals surface area contributed by atoms with Crippen molar-refractivity contribution < 1.29 is 9.21 Å². The molecule has 9 heteroatoms. The van der Waals surface area contributed by atoms with Crippen LogP contribution in [0.1, 0.15) is 53.8 Å². The molecule has 3 aromatic rings. The molecule has 33 heavy (non-hydrogen) atoms. The molecule has 0 N–H and O–H groups in total. The summed E-state index contributed by atoms with van der Waals surface area (Å²) in [5.74, 6) is 4.17. The molecule has 0 radical (unpaired) electrons.